The summed E-state index contributed by atoms with van der Waals surface area (Å²) in [4.78, 5) is 25.6. The lowest BCUT2D eigenvalue weighted by Gasteiger charge is -2.53. The molecule has 4 nitrogen and oxygen atoms in total. The molecule has 0 heterocycles. The van der Waals surface area contributed by atoms with E-state index in [-0.39, 0.29) is 18.0 Å². The molecule has 29 heavy (non-hydrogen) atoms. The number of fused-ring (bicyclic) bond motifs is 2. The van der Waals surface area contributed by atoms with Crippen LogP contribution in [0.25, 0.3) is 0 Å². The molecule has 2 aliphatic rings. The molecule has 2 aliphatic carbocycles. The van der Waals surface area contributed by atoms with Gasteiger partial charge in [-0.05, 0) is 81.0 Å². The molecule has 0 aromatic carbocycles. The predicted octanol–water partition coefficient (Wildman–Crippen LogP) is 6.17. The van der Waals surface area contributed by atoms with Gasteiger partial charge in [-0.3, -0.25) is 4.79 Å². The minimum Gasteiger partial charge on any atom is -0.457 e. The van der Waals surface area contributed by atoms with Gasteiger partial charge in [0.2, 0.25) is 0 Å². The van der Waals surface area contributed by atoms with E-state index in [0.29, 0.717) is 23.2 Å². The van der Waals surface area contributed by atoms with Gasteiger partial charge in [-0.1, -0.05) is 48.5 Å². The molecule has 0 aliphatic heterocycles. The van der Waals surface area contributed by atoms with Crippen molar-refractivity contribution in [3.05, 3.63) is 0 Å². The van der Waals surface area contributed by atoms with E-state index in [4.69, 9.17) is 9.47 Å². The summed E-state index contributed by atoms with van der Waals surface area (Å²) in [6.07, 6.45) is 6.21. The molecule has 0 spiro atoms. The molecular weight excluding hydrogens is 364 g/mol. The van der Waals surface area contributed by atoms with E-state index in [1.165, 1.54) is 6.42 Å². The summed E-state index contributed by atoms with van der Waals surface area (Å²) >= 11 is 0. The number of esters is 2. The molecule has 4 heteroatoms. The summed E-state index contributed by atoms with van der Waals surface area (Å²) < 4.78 is 11.5. The van der Waals surface area contributed by atoms with Crippen molar-refractivity contribution >= 4 is 11.9 Å². The Morgan fingerprint density at radius 2 is 1.69 bits per heavy atom. The fraction of sp³-hybridized carbons (Fsp3) is 0.920. The highest BCUT2D eigenvalue weighted by molar-refractivity contribution is 5.81. The zero-order valence-corrected chi connectivity index (χ0v) is 20.3. The van der Waals surface area contributed by atoms with Crippen molar-refractivity contribution in [3.63, 3.8) is 0 Å². The second-order valence-electron chi connectivity index (χ2n) is 12.3. The quantitative estimate of drug-likeness (QED) is 0.493. The fourth-order valence-corrected chi connectivity index (χ4v) is 5.82. The highest BCUT2D eigenvalue weighted by atomic mass is 16.6. The highest BCUT2D eigenvalue weighted by Crippen LogP contribution is 2.55. The van der Waals surface area contributed by atoms with Crippen LogP contribution in [0.1, 0.15) is 101 Å². The Balaban J connectivity index is 1.99. The third kappa shape index (κ3) is 5.35. The standard InChI is InChI=1S/C25H44O4/c1-17(2)13-24(8,22(4,5)6)21(27)28-16-20(26)29-25(9)11-10-23(7)14-18(3)12-19(25)15-23/h17-19H,10-16H2,1-9H3. The van der Waals surface area contributed by atoms with Crippen molar-refractivity contribution in [1.82, 2.24) is 0 Å². The highest BCUT2D eigenvalue weighted by Gasteiger charge is 2.51. The lowest BCUT2D eigenvalue weighted by molar-refractivity contribution is -0.189. The van der Waals surface area contributed by atoms with Gasteiger partial charge in [-0.2, -0.15) is 0 Å². The first-order chi connectivity index (χ1) is 13.1. The molecule has 0 radical (unpaired) electrons. The van der Waals surface area contributed by atoms with E-state index < -0.39 is 17.0 Å². The van der Waals surface area contributed by atoms with Gasteiger partial charge < -0.3 is 9.47 Å². The van der Waals surface area contributed by atoms with Crippen LogP contribution < -0.4 is 0 Å². The van der Waals surface area contributed by atoms with E-state index in [2.05, 4.69) is 55.4 Å². The van der Waals surface area contributed by atoms with Crippen LogP contribution in [0.15, 0.2) is 0 Å². The number of carbonyl (C=O) groups excluding carboxylic acids is 2. The summed E-state index contributed by atoms with van der Waals surface area (Å²) in [5, 5.41) is 0. The molecule has 2 saturated carbocycles. The number of ether oxygens (including phenoxy) is 2. The van der Waals surface area contributed by atoms with Gasteiger partial charge in [0.15, 0.2) is 6.61 Å². The minimum atomic E-state index is -0.642. The first-order valence-electron chi connectivity index (χ1n) is 11.5. The molecule has 0 N–H and O–H groups in total. The number of rotatable bonds is 6. The molecule has 0 amide bonds. The minimum absolute atomic E-state index is 0.254. The van der Waals surface area contributed by atoms with Crippen molar-refractivity contribution in [2.75, 3.05) is 6.61 Å². The predicted molar refractivity (Wildman–Crippen MR) is 116 cm³/mol. The maximum Gasteiger partial charge on any atom is 0.344 e. The molecule has 2 fully saturated rings. The van der Waals surface area contributed by atoms with Gasteiger partial charge in [0.05, 0.1) is 5.41 Å². The van der Waals surface area contributed by atoms with Crippen LogP contribution in [0.2, 0.25) is 0 Å². The lowest BCUT2D eigenvalue weighted by Crippen LogP contribution is -2.51. The summed E-state index contributed by atoms with van der Waals surface area (Å²) in [7, 11) is 0. The Morgan fingerprint density at radius 3 is 2.24 bits per heavy atom. The van der Waals surface area contributed by atoms with Crippen LogP contribution in [0.3, 0.4) is 0 Å². The van der Waals surface area contributed by atoms with Crippen molar-refractivity contribution in [2.24, 2.45) is 34.0 Å². The Labute approximate surface area is 178 Å². The van der Waals surface area contributed by atoms with E-state index in [1.54, 1.807) is 0 Å². The van der Waals surface area contributed by atoms with Gasteiger partial charge >= 0.3 is 11.9 Å². The van der Waals surface area contributed by atoms with Crippen molar-refractivity contribution in [1.29, 1.82) is 0 Å². The van der Waals surface area contributed by atoms with Crippen LogP contribution in [0.5, 0.6) is 0 Å². The second-order valence-corrected chi connectivity index (χ2v) is 12.3. The number of hydrogen-bond acceptors (Lipinski definition) is 4. The molecule has 0 aromatic rings. The monoisotopic (exact) mass is 408 g/mol. The van der Waals surface area contributed by atoms with Crippen LogP contribution >= 0.6 is 0 Å². The Morgan fingerprint density at radius 1 is 1.07 bits per heavy atom. The van der Waals surface area contributed by atoms with E-state index in [1.807, 2.05) is 6.92 Å². The third-order valence-corrected chi connectivity index (χ3v) is 7.95. The van der Waals surface area contributed by atoms with Gasteiger partial charge in [0.1, 0.15) is 5.60 Å². The number of hydrogen-bond donors (Lipinski definition) is 0. The van der Waals surface area contributed by atoms with Crippen LogP contribution in [0, 0.1) is 34.0 Å². The summed E-state index contributed by atoms with van der Waals surface area (Å²) in [6.45, 7) is 18.8. The molecule has 168 valence electrons. The number of carbonyl (C=O) groups is 2. The first kappa shape index (κ1) is 24.2. The smallest absolute Gasteiger partial charge is 0.344 e. The molecule has 0 aromatic heterocycles. The second kappa shape index (κ2) is 8.23. The fourth-order valence-electron chi connectivity index (χ4n) is 5.82. The third-order valence-electron chi connectivity index (χ3n) is 7.95. The first-order valence-corrected chi connectivity index (χ1v) is 11.5. The van der Waals surface area contributed by atoms with Crippen LogP contribution in [0.4, 0.5) is 0 Å². The molecule has 2 bridgehead atoms. The van der Waals surface area contributed by atoms with Gasteiger partial charge in [-0.25, -0.2) is 4.79 Å². The van der Waals surface area contributed by atoms with Crippen LogP contribution in [-0.2, 0) is 19.1 Å². The van der Waals surface area contributed by atoms with Crippen LogP contribution in [-0.4, -0.2) is 24.1 Å². The summed E-state index contributed by atoms with van der Waals surface area (Å²) in [5.41, 5.74) is -0.956. The average molecular weight is 409 g/mol. The van der Waals surface area contributed by atoms with Gasteiger partial charge in [0.25, 0.3) is 0 Å². The summed E-state index contributed by atoms with van der Waals surface area (Å²) in [5.74, 6) is 0.707. The van der Waals surface area contributed by atoms with Crippen molar-refractivity contribution in [3.8, 4) is 0 Å². The lowest BCUT2D eigenvalue weighted by atomic mass is 9.55. The molecule has 5 unspecified atom stereocenters. The average Bonchev–Trinajstić information content (AvgIpc) is 2.54. The Kier molecular flexibility index (Phi) is 6.87. The molecular formula is C25H44O4. The maximum atomic E-state index is 13.0. The van der Waals surface area contributed by atoms with E-state index >= 15 is 0 Å². The Bertz CT molecular complexity index is 619. The normalized spacial score (nSPS) is 34.4. The molecule has 0 saturated heterocycles. The maximum absolute atomic E-state index is 13.0. The zero-order chi connectivity index (χ0) is 22.3. The van der Waals surface area contributed by atoms with Gasteiger partial charge in [0, 0.05) is 0 Å². The van der Waals surface area contributed by atoms with E-state index in [9.17, 15) is 9.59 Å². The zero-order valence-electron chi connectivity index (χ0n) is 20.3. The Hall–Kier alpha value is -1.06. The van der Waals surface area contributed by atoms with Crippen molar-refractivity contribution in [2.45, 2.75) is 106 Å². The van der Waals surface area contributed by atoms with Crippen molar-refractivity contribution < 1.29 is 19.1 Å². The topological polar surface area (TPSA) is 52.6 Å². The largest absolute Gasteiger partial charge is 0.457 e. The SMILES string of the molecule is CC(C)CC(C)(C(=O)OCC(=O)OC1(C)CCC2(C)CC(C)CC1C2)C(C)(C)C. The molecule has 2 rings (SSSR count). The van der Waals surface area contributed by atoms with E-state index in [0.717, 1.165) is 32.1 Å². The molecule has 5 atom stereocenters. The summed E-state index contributed by atoms with van der Waals surface area (Å²) in [6, 6.07) is 0. The van der Waals surface area contributed by atoms with Gasteiger partial charge in [-0.15, -0.1) is 0 Å².